The van der Waals surface area contributed by atoms with Crippen LogP contribution in [0.4, 0.5) is 5.69 Å². The van der Waals surface area contributed by atoms with Crippen molar-refractivity contribution in [2.75, 3.05) is 30.3 Å². The number of amides is 3. The fourth-order valence-electron chi connectivity index (χ4n) is 4.29. The van der Waals surface area contributed by atoms with Crippen LogP contribution >= 0.6 is 24.2 Å². The van der Waals surface area contributed by atoms with E-state index in [4.69, 9.17) is 5.73 Å². The van der Waals surface area contributed by atoms with Crippen molar-refractivity contribution in [3.05, 3.63) is 72.3 Å². The van der Waals surface area contributed by atoms with Gasteiger partial charge in [0.05, 0.1) is 5.69 Å². The Morgan fingerprint density at radius 2 is 1.78 bits per heavy atom. The Kier molecular flexibility index (Phi) is 10.8. The van der Waals surface area contributed by atoms with Crippen molar-refractivity contribution in [3.63, 3.8) is 0 Å². The normalized spacial score (nSPS) is 13.8. The molecule has 3 aromatic carbocycles. The number of halogens is 1. The average molecular weight is 541 g/mol. The van der Waals surface area contributed by atoms with Gasteiger partial charge in [0.15, 0.2) is 0 Å². The Morgan fingerprint density at radius 3 is 2.59 bits per heavy atom. The molecule has 0 radical (unpaired) electrons. The van der Waals surface area contributed by atoms with Gasteiger partial charge in [0.2, 0.25) is 17.7 Å². The summed E-state index contributed by atoms with van der Waals surface area (Å²) in [6.07, 6.45) is 1.56. The summed E-state index contributed by atoms with van der Waals surface area (Å²) in [5.41, 5.74) is 7.36. The Labute approximate surface area is 228 Å². The van der Waals surface area contributed by atoms with Crippen LogP contribution < -0.4 is 21.3 Å². The first-order valence-electron chi connectivity index (χ1n) is 12.3. The topological polar surface area (TPSA) is 105 Å². The van der Waals surface area contributed by atoms with Gasteiger partial charge in [-0.05, 0) is 41.4 Å². The first kappa shape index (κ1) is 28.5. The van der Waals surface area contributed by atoms with E-state index in [9.17, 15) is 14.4 Å². The molecule has 0 saturated carbocycles. The van der Waals surface area contributed by atoms with Crippen LogP contribution in [0.3, 0.4) is 0 Å². The van der Waals surface area contributed by atoms with Crippen molar-refractivity contribution in [1.82, 2.24) is 10.6 Å². The predicted molar refractivity (Wildman–Crippen MR) is 152 cm³/mol. The number of nitrogens with zero attached hydrogens (tertiary/aromatic N) is 1. The highest BCUT2D eigenvalue weighted by Gasteiger charge is 2.25. The van der Waals surface area contributed by atoms with E-state index in [1.54, 1.807) is 16.7 Å². The van der Waals surface area contributed by atoms with Crippen molar-refractivity contribution in [1.29, 1.82) is 0 Å². The molecule has 1 aliphatic heterocycles. The molecule has 3 amide bonds. The number of fused-ring (bicyclic) bond motifs is 2. The highest BCUT2D eigenvalue weighted by Crippen LogP contribution is 2.34. The van der Waals surface area contributed by atoms with Crippen LogP contribution in [0, 0.1) is 0 Å². The molecule has 37 heavy (non-hydrogen) atoms. The highest BCUT2D eigenvalue weighted by molar-refractivity contribution is 7.99. The molecular weight excluding hydrogens is 508 g/mol. The molecule has 0 bridgehead atoms. The fraction of sp³-hybridized carbons (Fsp3) is 0.321. The summed E-state index contributed by atoms with van der Waals surface area (Å²) in [4.78, 5) is 41.4. The SMILES string of the molecule is Cl.NCCCNC(=O)[C@@H](Cc1ccc2ccccc2c1)NC(=O)CCN1C(=O)CCSc2ccccc21. The Hall–Kier alpha value is -3.07. The number of carbonyl (C=O) groups is 3. The molecular formula is C28H33ClN4O3S. The molecule has 0 saturated heterocycles. The van der Waals surface area contributed by atoms with E-state index in [-0.39, 0.29) is 43.1 Å². The van der Waals surface area contributed by atoms with Gasteiger partial charge >= 0.3 is 0 Å². The number of benzene rings is 3. The molecule has 0 aromatic heterocycles. The molecule has 0 aliphatic carbocycles. The lowest BCUT2D eigenvalue weighted by molar-refractivity contribution is -0.129. The molecule has 1 atom stereocenters. The monoisotopic (exact) mass is 540 g/mol. The third-order valence-electron chi connectivity index (χ3n) is 6.18. The van der Waals surface area contributed by atoms with E-state index >= 15 is 0 Å². The molecule has 0 unspecified atom stereocenters. The van der Waals surface area contributed by atoms with Crippen molar-refractivity contribution in [2.24, 2.45) is 5.73 Å². The van der Waals surface area contributed by atoms with Gasteiger partial charge in [-0.3, -0.25) is 14.4 Å². The lowest BCUT2D eigenvalue weighted by atomic mass is 10.0. The molecule has 4 rings (SSSR count). The van der Waals surface area contributed by atoms with Crippen LogP contribution in [0.15, 0.2) is 71.6 Å². The molecule has 0 fully saturated rings. The lowest BCUT2D eigenvalue weighted by Gasteiger charge is -2.23. The van der Waals surface area contributed by atoms with Crippen LogP contribution in [-0.2, 0) is 20.8 Å². The fourth-order valence-corrected chi connectivity index (χ4v) is 5.29. The maximum Gasteiger partial charge on any atom is 0.242 e. The van der Waals surface area contributed by atoms with Gasteiger partial charge in [-0.2, -0.15) is 0 Å². The first-order valence-corrected chi connectivity index (χ1v) is 13.3. The quantitative estimate of drug-likeness (QED) is 0.340. The lowest BCUT2D eigenvalue weighted by Crippen LogP contribution is -2.49. The van der Waals surface area contributed by atoms with Gasteiger partial charge in [-0.1, -0.05) is 54.6 Å². The molecule has 1 aliphatic rings. The van der Waals surface area contributed by atoms with Crippen molar-refractivity contribution < 1.29 is 14.4 Å². The van der Waals surface area contributed by atoms with Gasteiger partial charge in [-0.15, -0.1) is 24.2 Å². The van der Waals surface area contributed by atoms with E-state index in [2.05, 4.69) is 10.6 Å². The number of nitrogens with two attached hydrogens (primary N) is 1. The number of hydrogen-bond donors (Lipinski definition) is 3. The molecule has 9 heteroatoms. The number of nitrogens with one attached hydrogen (secondary N) is 2. The summed E-state index contributed by atoms with van der Waals surface area (Å²) >= 11 is 1.65. The first-order chi connectivity index (χ1) is 17.5. The minimum absolute atomic E-state index is 0. The van der Waals surface area contributed by atoms with Gasteiger partial charge in [-0.25, -0.2) is 0 Å². The number of para-hydroxylation sites is 1. The predicted octanol–water partition coefficient (Wildman–Crippen LogP) is 3.67. The van der Waals surface area contributed by atoms with Crippen molar-refractivity contribution in [3.8, 4) is 0 Å². The van der Waals surface area contributed by atoms with Crippen LogP contribution in [0.25, 0.3) is 10.8 Å². The number of thioether (sulfide) groups is 1. The summed E-state index contributed by atoms with van der Waals surface area (Å²) < 4.78 is 0. The molecule has 0 spiro atoms. The average Bonchev–Trinajstić information content (AvgIpc) is 3.05. The zero-order chi connectivity index (χ0) is 25.3. The van der Waals surface area contributed by atoms with Gasteiger partial charge in [0.25, 0.3) is 0 Å². The molecule has 1 heterocycles. The largest absolute Gasteiger partial charge is 0.354 e. The smallest absolute Gasteiger partial charge is 0.242 e. The van der Waals surface area contributed by atoms with Gasteiger partial charge in [0.1, 0.15) is 6.04 Å². The van der Waals surface area contributed by atoms with Crippen LogP contribution in [-0.4, -0.2) is 49.2 Å². The van der Waals surface area contributed by atoms with Crippen LogP contribution in [0.5, 0.6) is 0 Å². The third kappa shape index (κ3) is 7.71. The minimum atomic E-state index is -0.723. The summed E-state index contributed by atoms with van der Waals surface area (Å²) in [7, 11) is 0. The standard InChI is InChI=1S/C28H32N4O3S.ClH/c29-14-5-15-30-28(35)23(19-20-10-11-21-6-1-2-7-22(21)18-20)31-26(33)12-16-32-24-8-3-4-9-25(24)36-17-13-27(32)34;/h1-4,6-11,18,23H,5,12-17,19,29H2,(H,30,35)(H,31,33);1H/t23-;/m1./s1. The van der Waals surface area contributed by atoms with E-state index in [0.717, 1.165) is 32.7 Å². The maximum absolute atomic E-state index is 13.0. The summed E-state index contributed by atoms with van der Waals surface area (Å²) in [5.74, 6) is 0.219. The Balaban J connectivity index is 0.00000380. The zero-order valence-electron chi connectivity index (χ0n) is 20.7. The number of hydrogen-bond acceptors (Lipinski definition) is 5. The van der Waals surface area contributed by atoms with E-state index in [0.29, 0.717) is 32.4 Å². The van der Waals surface area contributed by atoms with Gasteiger partial charge in [0, 0.05) is 43.0 Å². The van der Waals surface area contributed by atoms with E-state index < -0.39 is 6.04 Å². The number of anilines is 1. The molecule has 4 N–H and O–H groups in total. The second kappa shape index (κ2) is 14.0. The molecule has 196 valence electrons. The second-order valence-electron chi connectivity index (χ2n) is 8.80. The number of carbonyl (C=O) groups excluding carboxylic acids is 3. The summed E-state index contributed by atoms with van der Waals surface area (Å²) in [5, 5.41) is 7.99. The molecule has 7 nitrogen and oxygen atoms in total. The van der Waals surface area contributed by atoms with Crippen LogP contribution in [0.2, 0.25) is 0 Å². The number of rotatable bonds is 10. The van der Waals surface area contributed by atoms with Crippen LogP contribution in [0.1, 0.15) is 24.8 Å². The highest BCUT2D eigenvalue weighted by atomic mass is 35.5. The summed E-state index contributed by atoms with van der Waals surface area (Å²) in [6.45, 7) is 1.20. The summed E-state index contributed by atoms with van der Waals surface area (Å²) in [6, 6.07) is 21.1. The third-order valence-corrected chi connectivity index (χ3v) is 7.24. The Bertz CT molecular complexity index is 1240. The van der Waals surface area contributed by atoms with Gasteiger partial charge < -0.3 is 21.3 Å². The molecule has 3 aromatic rings. The second-order valence-corrected chi connectivity index (χ2v) is 9.94. The minimum Gasteiger partial charge on any atom is -0.354 e. The van der Waals surface area contributed by atoms with E-state index in [1.165, 1.54) is 0 Å². The maximum atomic E-state index is 13.0. The van der Waals surface area contributed by atoms with Crippen molar-refractivity contribution in [2.45, 2.75) is 36.6 Å². The van der Waals surface area contributed by atoms with Crippen molar-refractivity contribution >= 4 is 58.4 Å². The Morgan fingerprint density at radius 1 is 1.03 bits per heavy atom. The van der Waals surface area contributed by atoms with E-state index in [1.807, 2.05) is 66.7 Å². The zero-order valence-corrected chi connectivity index (χ0v) is 22.3.